The quantitative estimate of drug-likeness (QED) is 0.518. The van der Waals surface area contributed by atoms with Crippen molar-refractivity contribution in [1.82, 2.24) is 24.8 Å². The second-order valence-electron chi connectivity index (χ2n) is 6.57. The van der Waals surface area contributed by atoms with E-state index >= 15 is 0 Å². The molecule has 2 aromatic heterocycles. The normalized spacial score (nSPS) is 12.4. The molecule has 4 rings (SSSR count). The van der Waals surface area contributed by atoms with Crippen molar-refractivity contribution in [3.05, 3.63) is 84.6 Å². The van der Waals surface area contributed by atoms with Gasteiger partial charge < -0.3 is 4.52 Å². The Balaban J connectivity index is 1.43. The highest BCUT2D eigenvalue weighted by Crippen LogP contribution is 2.24. The lowest BCUT2D eigenvalue weighted by atomic mass is 10.1. The summed E-state index contributed by atoms with van der Waals surface area (Å²) in [6.45, 7) is 2.87. The van der Waals surface area contributed by atoms with Crippen molar-refractivity contribution in [2.24, 2.45) is 0 Å². The van der Waals surface area contributed by atoms with Gasteiger partial charge >= 0.3 is 0 Å². The molecule has 0 amide bonds. The minimum absolute atomic E-state index is 0.236. The molecule has 0 saturated carbocycles. The summed E-state index contributed by atoms with van der Waals surface area (Å²) in [5, 5.41) is 8.35. The van der Waals surface area contributed by atoms with E-state index in [1.54, 1.807) is 11.0 Å². The fourth-order valence-electron chi connectivity index (χ4n) is 3.02. The average Bonchev–Trinajstić information content (AvgIpc) is 3.40. The van der Waals surface area contributed by atoms with Crippen LogP contribution in [0, 0.1) is 0 Å². The van der Waals surface area contributed by atoms with Gasteiger partial charge in [-0.3, -0.25) is 4.90 Å². The third kappa shape index (κ3) is 3.80. The molecule has 0 saturated heterocycles. The molecular formula is C21H21N5O. The zero-order chi connectivity index (χ0) is 18.6. The van der Waals surface area contributed by atoms with E-state index in [9.17, 15) is 0 Å². The minimum atomic E-state index is 0.236. The highest BCUT2D eigenvalue weighted by atomic mass is 16.5. The van der Waals surface area contributed by atoms with Crippen LogP contribution in [0.25, 0.3) is 16.9 Å². The predicted molar refractivity (Wildman–Crippen MR) is 103 cm³/mol. The van der Waals surface area contributed by atoms with Crippen LogP contribution in [0.2, 0.25) is 0 Å². The summed E-state index contributed by atoms with van der Waals surface area (Å²) in [4.78, 5) is 6.22. The van der Waals surface area contributed by atoms with Gasteiger partial charge in [0.2, 0.25) is 0 Å². The maximum Gasteiger partial charge on any atom is 0.151 e. The van der Waals surface area contributed by atoms with Gasteiger partial charge in [0.05, 0.1) is 12.2 Å². The topological polar surface area (TPSA) is 60.0 Å². The van der Waals surface area contributed by atoms with Gasteiger partial charge in [0, 0.05) is 17.7 Å². The van der Waals surface area contributed by atoms with Crippen LogP contribution in [0.15, 0.2) is 77.8 Å². The molecule has 1 atom stereocenters. The van der Waals surface area contributed by atoms with Gasteiger partial charge in [-0.15, -0.1) is 0 Å². The van der Waals surface area contributed by atoms with Gasteiger partial charge in [-0.1, -0.05) is 47.6 Å². The van der Waals surface area contributed by atoms with Crippen molar-refractivity contribution in [2.45, 2.75) is 19.5 Å². The number of benzene rings is 2. The van der Waals surface area contributed by atoms with Gasteiger partial charge in [0.1, 0.15) is 18.3 Å². The molecule has 0 aliphatic heterocycles. The standard InChI is InChI=1S/C21H21N5O/c1-16(17-8-10-19(11-9-17)26-15-22-14-23-26)25(2)13-20-12-21(24-27-20)18-6-4-3-5-7-18/h3-12,14-16H,13H2,1-2H3/t16-/m0/s1. The first-order valence-electron chi connectivity index (χ1n) is 8.87. The third-order valence-corrected chi connectivity index (χ3v) is 4.75. The van der Waals surface area contributed by atoms with Crippen molar-refractivity contribution in [1.29, 1.82) is 0 Å². The molecule has 0 bridgehead atoms. The predicted octanol–water partition coefficient (Wildman–Crippen LogP) is 4.12. The minimum Gasteiger partial charge on any atom is -0.359 e. The molecule has 0 N–H and O–H groups in total. The average molecular weight is 359 g/mol. The fraction of sp³-hybridized carbons (Fsp3) is 0.190. The van der Waals surface area contributed by atoms with E-state index in [0.717, 1.165) is 22.7 Å². The number of hydrogen-bond donors (Lipinski definition) is 0. The fourth-order valence-corrected chi connectivity index (χ4v) is 3.02. The van der Waals surface area contributed by atoms with Crippen molar-refractivity contribution < 1.29 is 4.52 Å². The van der Waals surface area contributed by atoms with Crippen LogP contribution in [-0.4, -0.2) is 31.9 Å². The molecule has 27 heavy (non-hydrogen) atoms. The molecule has 6 heteroatoms. The van der Waals surface area contributed by atoms with Gasteiger partial charge in [-0.25, -0.2) is 9.67 Å². The zero-order valence-electron chi connectivity index (χ0n) is 15.4. The van der Waals surface area contributed by atoms with E-state index in [4.69, 9.17) is 4.52 Å². The molecule has 4 aromatic rings. The monoisotopic (exact) mass is 359 g/mol. The SMILES string of the molecule is C[C@@H](c1ccc(-n2cncn2)cc1)N(C)Cc1cc(-c2ccccc2)no1. The summed E-state index contributed by atoms with van der Waals surface area (Å²) in [7, 11) is 2.08. The molecule has 0 spiro atoms. The van der Waals surface area contributed by atoms with Crippen molar-refractivity contribution in [2.75, 3.05) is 7.05 Å². The summed E-state index contributed by atoms with van der Waals surface area (Å²) >= 11 is 0. The van der Waals surface area contributed by atoms with Gasteiger partial charge in [-0.05, 0) is 31.7 Å². The molecule has 0 fully saturated rings. The smallest absolute Gasteiger partial charge is 0.151 e. The van der Waals surface area contributed by atoms with E-state index in [2.05, 4.69) is 58.4 Å². The lowest BCUT2D eigenvalue weighted by molar-refractivity contribution is 0.221. The van der Waals surface area contributed by atoms with Crippen LogP contribution in [0.1, 0.15) is 24.3 Å². The van der Waals surface area contributed by atoms with Crippen LogP contribution in [-0.2, 0) is 6.54 Å². The summed E-state index contributed by atoms with van der Waals surface area (Å²) in [5.74, 6) is 0.849. The van der Waals surface area contributed by atoms with Gasteiger partial charge in [-0.2, -0.15) is 5.10 Å². The Morgan fingerprint density at radius 2 is 1.85 bits per heavy atom. The Kier molecular flexibility index (Phi) is 4.80. The maximum absolute atomic E-state index is 5.53. The van der Waals surface area contributed by atoms with Crippen LogP contribution in [0.3, 0.4) is 0 Å². The summed E-state index contributed by atoms with van der Waals surface area (Å²) < 4.78 is 7.28. The molecule has 0 radical (unpaired) electrons. The Labute approximate surface area is 158 Å². The number of rotatable bonds is 6. The van der Waals surface area contributed by atoms with Crippen LogP contribution in [0.4, 0.5) is 0 Å². The third-order valence-electron chi connectivity index (χ3n) is 4.75. The van der Waals surface area contributed by atoms with E-state index < -0.39 is 0 Å². The molecule has 0 aliphatic carbocycles. The van der Waals surface area contributed by atoms with E-state index in [1.165, 1.54) is 11.9 Å². The Hall–Kier alpha value is -3.25. The Morgan fingerprint density at radius 3 is 2.56 bits per heavy atom. The molecule has 2 heterocycles. The largest absolute Gasteiger partial charge is 0.359 e. The second-order valence-corrected chi connectivity index (χ2v) is 6.57. The molecule has 6 nitrogen and oxygen atoms in total. The Morgan fingerprint density at radius 1 is 1.07 bits per heavy atom. The zero-order valence-corrected chi connectivity index (χ0v) is 15.4. The molecule has 136 valence electrons. The first kappa shape index (κ1) is 17.2. The van der Waals surface area contributed by atoms with E-state index in [0.29, 0.717) is 6.54 Å². The first-order chi connectivity index (χ1) is 13.2. The van der Waals surface area contributed by atoms with Crippen molar-refractivity contribution in [3.63, 3.8) is 0 Å². The lowest BCUT2D eigenvalue weighted by Crippen LogP contribution is -2.21. The molecular weight excluding hydrogens is 338 g/mol. The first-order valence-corrected chi connectivity index (χ1v) is 8.87. The van der Waals surface area contributed by atoms with Crippen LogP contribution in [0.5, 0.6) is 0 Å². The van der Waals surface area contributed by atoms with Gasteiger partial charge in [0.25, 0.3) is 0 Å². The Bertz CT molecular complexity index is 977. The highest BCUT2D eigenvalue weighted by Gasteiger charge is 2.15. The van der Waals surface area contributed by atoms with E-state index in [-0.39, 0.29) is 6.04 Å². The molecule has 0 aliphatic rings. The lowest BCUT2D eigenvalue weighted by Gasteiger charge is -2.24. The number of hydrogen-bond acceptors (Lipinski definition) is 5. The van der Waals surface area contributed by atoms with Crippen molar-refractivity contribution >= 4 is 0 Å². The summed E-state index contributed by atoms with van der Waals surface area (Å²) in [5.41, 5.74) is 4.15. The van der Waals surface area contributed by atoms with Gasteiger partial charge in [0.15, 0.2) is 5.76 Å². The van der Waals surface area contributed by atoms with Crippen LogP contribution < -0.4 is 0 Å². The number of nitrogens with zero attached hydrogens (tertiary/aromatic N) is 5. The molecule has 2 aromatic carbocycles. The van der Waals surface area contributed by atoms with Crippen molar-refractivity contribution in [3.8, 4) is 16.9 Å². The highest BCUT2D eigenvalue weighted by molar-refractivity contribution is 5.58. The second kappa shape index (κ2) is 7.55. The van der Waals surface area contributed by atoms with Crippen LogP contribution >= 0.6 is 0 Å². The molecule has 0 unspecified atom stereocenters. The number of aromatic nitrogens is 4. The maximum atomic E-state index is 5.53. The summed E-state index contributed by atoms with van der Waals surface area (Å²) in [6.07, 6.45) is 3.23. The summed E-state index contributed by atoms with van der Waals surface area (Å²) in [6, 6.07) is 20.6. The van der Waals surface area contributed by atoms with E-state index in [1.807, 2.05) is 36.4 Å².